The van der Waals surface area contributed by atoms with Gasteiger partial charge < -0.3 is 9.15 Å². The maximum atomic E-state index is 12.0. The fourth-order valence-corrected chi connectivity index (χ4v) is 1.67. The number of rotatable bonds is 5. The van der Waals surface area contributed by atoms with Crippen LogP contribution in [0.1, 0.15) is 17.5 Å². The zero-order valence-electron chi connectivity index (χ0n) is 11.7. The van der Waals surface area contributed by atoms with Crippen molar-refractivity contribution in [1.29, 1.82) is 0 Å². The molecule has 0 saturated heterocycles. The van der Waals surface area contributed by atoms with Crippen LogP contribution in [0.2, 0.25) is 0 Å². The van der Waals surface area contributed by atoms with Gasteiger partial charge in [-0.25, -0.2) is 4.79 Å². The van der Waals surface area contributed by atoms with Crippen LogP contribution in [0.4, 0.5) is 0 Å². The lowest BCUT2D eigenvalue weighted by atomic mass is 10.2. The smallest absolute Gasteiger partial charge is 0.379 e. The highest BCUT2D eigenvalue weighted by Gasteiger charge is 2.14. The molecule has 0 aliphatic rings. The summed E-state index contributed by atoms with van der Waals surface area (Å²) in [5.74, 6) is 0.539. The minimum Gasteiger partial charge on any atom is -0.449 e. The molecule has 0 fully saturated rings. The minimum absolute atomic E-state index is 0.133. The Balaban J connectivity index is 2.16. The number of esters is 1. The van der Waals surface area contributed by atoms with Crippen LogP contribution in [0.3, 0.4) is 0 Å². The van der Waals surface area contributed by atoms with E-state index in [1.807, 2.05) is 13.0 Å². The maximum absolute atomic E-state index is 12.0. The number of hydrogen-bond acceptors (Lipinski definition) is 4. The Morgan fingerprint density at radius 3 is 2.90 bits per heavy atom. The zero-order valence-corrected chi connectivity index (χ0v) is 11.7. The molecule has 2 heterocycles. The van der Waals surface area contributed by atoms with Crippen molar-refractivity contribution in [3.05, 3.63) is 79.1 Å². The van der Waals surface area contributed by atoms with Gasteiger partial charge in [0.05, 0.1) is 0 Å². The van der Waals surface area contributed by atoms with Gasteiger partial charge in [0.15, 0.2) is 0 Å². The van der Waals surface area contributed by atoms with Crippen molar-refractivity contribution in [3.8, 4) is 11.3 Å². The molecule has 0 spiro atoms. The molecular weight excluding hydrogens is 266 g/mol. The van der Waals surface area contributed by atoms with Crippen LogP contribution >= 0.6 is 0 Å². The number of aromatic nitrogens is 1. The van der Waals surface area contributed by atoms with Crippen LogP contribution in [-0.2, 0) is 4.74 Å². The van der Waals surface area contributed by atoms with Crippen molar-refractivity contribution in [1.82, 2.24) is 4.98 Å². The highest BCUT2D eigenvalue weighted by atomic mass is 16.5. The normalized spacial score (nSPS) is 11.6. The molecule has 21 heavy (non-hydrogen) atoms. The van der Waals surface area contributed by atoms with Crippen LogP contribution in [0.25, 0.3) is 11.3 Å². The first-order valence-electron chi connectivity index (χ1n) is 6.42. The molecule has 0 aliphatic carbocycles. The molecule has 4 nitrogen and oxygen atoms in total. The van der Waals surface area contributed by atoms with Crippen LogP contribution < -0.4 is 0 Å². The standard InChI is InChI=1S/C17H15NO3/c1-3-6-14(7-4-2)20-17(19)16-10-9-15(21-16)13-8-5-11-18-12-13/h3-12H,1H2,2H3/b7-4-,14-6+. The van der Waals surface area contributed by atoms with Gasteiger partial charge in [-0.3, -0.25) is 4.98 Å². The Morgan fingerprint density at radius 2 is 2.24 bits per heavy atom. The average Bonchev–Trinajstić information content (AvgIpc) is 2.98. The van der Waals surface area contributed by atoms with Crippen LogP contribution in [0.15, 0.2) is 77.7 Å². The number of furan rings is 1. The predicted molar refractivity (Wildman–Crippen MR) is 80.4 cm³/mol. The number of carbonyl (C=O) groups excluding carboxylic acids is 1. The van der Waals surface area contributed by atoms with Gasteiger partial charge in [0.1, 0.15) is 11.5 Å². The molecule has 106 valence electrons. The van der Waals surface area contributed by atoms with E-state index in [2.05, 4.69) is 11.6 Å². The summed E-state index contributed by atoms with van der Waals surface area (Å²) in [6, 6.07) is 6.93. The molecule has 0 amide bonds. The molecule has 0 unspecified atom stereocenters. The van der Waals surface area contributed by atoms with E-state index in [1.54, 1.807) is 54.9 Å². The van der Waals surface area contributed by atoms with Gasteiger partial charge in [-0.05, 0) is 43.3 Å². The first kappa shape index (κ1) is 14.5. The molecule has 2 aromatic heterocycles. The summed E-state index contributed by atoms with van der Waals surface area (Å²) < 4.78 is 10.7. The van der Waals surface area contributed by atoms with Crippen molar-refractivity contribution in [2.75, 3.05) is 0 Å². The van der Waals surface area contributed by atoms with E-state index in [1.165, 1.54) is 0 Å². The Kier molecular flexibility index (Phi) is 4.88. The van der Waals surface area contributed by atoms with Crippen molar-refractivity contribution in [2.45, 2.75) is 6.92 Å². The molecule has 0 saturated carbocycles. The summed E-state index contributed by atoms with van der Waals surface area (Å²) in [6.07, 6.45) is 9.92. The number of pyridine rings is 1. The van der Waals surface area contributed by atoms with Gasteiger partial charge in [-0.15, -0.1) is 0 Å². The summed E-state index contributed by atoms with van der Waals surface area (Å²) in [5, 5.41) is 0. The van der Waals surface area contributed by atoms with Gasteiger partial charge in [-0.2, -0.15) is 0 Å². The van der Waals surface area contributed by atoms with E-state index in [0.717, 1.165) is 5.56 Å². The second-order valence-electron chi connectivity index (χ2n) is 4.10. The summed E-state index contributed by atoms with van der Waals surface area (Å²) in [5.41, 5.74) is 0.798. The molecule has 0 aliphatic heterocycles. The van der Waals surface area contributed by atoms with E-state index < -0.39 is 5.97 Å². The largest absolute Gasteiger partial charge is 0.449 e. The summed E-state index contributed by atoms with van der Waals surface area (Å²) in [7, 11) is 0. The SMILES string of the molecule is C=C/C=C(\C=C/C)OC(=O)c1ccc(-c2cccnc2)o1. The summed E-state index contributed by atoms with van der Waals surface area (Å²) in [6.45, 7) is 5.41. The van der Waals surface area contributed by atoms with Gasteiger partial charge in [-0.1, -0.05) is 18.7 Å². The maximum Gasteiger partial charge on any atom is 0.379 e. The second-order valence-corrected chi connectivity index (χ2v) is 4.10. The van der Waals surface area contributed by atoms with Crippen molar-refractivity contribution in [3.63, 3.8) is 0 Å². The Bertz CT molecular complexity index is 681. The third-order valence-corrected chi connectivity index (χ3v) is 2.58. The molecule has 0 atom stereocenters. The van der Waals surface area contributed by atoms with E-state index in [-0.39, 0.29) is 5.76 Å². The van der Waals surface area contributed by atoms with Crippen molar-refractivity contribution < 1.29 is 13.9 Å². The average molecular weight is 281 g/mol. The first-order valence-corrected chi connectivity index (χ1v) is 6.42. The molecule has 0 bridgehead atoms. The molecule has 2 rings (SSSR count). The van der Waals surface area contributed by atoms with Gasteiger partial charge in [0.2, 0.25) is 5.76 Å². The second kappa shape index (κ2) is 7.05. The first-order chi connectivity index (χ1) is 10.2. The van der Waals surface area contributed by atoms with Crippen LogP contribution in [-0.4, -0.2) is 11.0 Å². The van der Waals surface area contributed by atoms with Crippen molar-refractivity contribution >= 4 is 5.97 Å². The highest BCUT2D eigenvalue weighted by Crippen LogP contribution is 2.22. The number of carbonyl (C=O) groups is 1. The topological polar surface area (TPSA) is 52.3 Å². The lowest BCUT2D eigenvalue weighted by Gasteiger charge is -2.02. The fourth-order valence-electron chi connectivity index (χ4n) is 1.67. The van der Waals surface area contributed by atoms with Crippen LogP contribution in [0.5, 0.6) is 0 Å². The predicted octanol–water partition coefficient (Wildman–Crippen LogP) is 4.14. The third-order valence-electron chi connectivity index (χ3n) is 2.58. The molecule has 0 radical (unpaired) electrons. The van der Waals surface area contributed by atoms with E-state index in [9.17, 15) is 4.79 Å². The van der Waals surface area contributed by atoms with Crippen molar-refractivity contribution in [2.24, 2.45) is 0 Å². The van der Waals surface area contributed by atoms with E-state index in [4.69, 9.17) is 9.15 Å². The fraction of sp³-hybridized carbons (Fsp3) is 0.0588. The number of ether oxygens (including phenoxy) is 1. The molecule has 0 aromatic carbocycles. The minimum atomic E-state index is -0.559. The monoisotopic (exact) mass is 281 g/mol. The zero-order chi connectivity index (χ0) is 15.1. The molecular formula is C17H15NO3. The van der Waals surface area contributed by atoms with Gasteiger partial charge in [0, 0.05) is 18.0 Å². The molecule has 0 N–H and O–H groups in total. The highest BCUT2D eigenvalue weighted by molar-refractivity contribution is 5.88. The quantitative estimate of drug-likeness (QED) is 0.469. The Hall–Kier alpha value is -2.88. The molecule has 4 heteroatoms. The lowest BCUT2D eigenvalue weighted by molar-refractivity contribution is 0.0603. The number of allylic oxidation sites excluding steroid dienone is 4. The van der Waals surface area contributed by atoms with E-state index >= 15 is 0 Å². The number of hydrogen-bond donors (Lipinski definition) is 0. The number of nitrogens with zero attached hydrogens (tertiary/aromatic N) is 1. The van der Waals surface area contributed by atoms with E-state index in [0.29, 0.717) is 11.5 Å². The Morgan fingerprint density at radius 1 is 1.38 bits per heavy atom. The molecule has 2 aromatic rings. The third kappa shape index (κ3) is 3.79. The summed E-state index contributed by atoms with van der Waals surface area (Å²) in [4.78, 5) is 16.0. The lowest BCUT2D eigenvalue weighted by Crippen LogP contribution is -2.02. The van der Waals surface area contributed by atoms with Gasteiger partial charge in [0.25, 0.3) is 0 Å². The Labute approximate surface area is 123 Å². The van der Waals surface area contributed by atoms with Gasteiger partial charge >= 0.3 is 5.97 Å². The summed E-state index contributed by atoms with van der Waals surface area (Å²) >= 11 is 0. The van der Waals surface area contributed by atoms with Crippen LogP contribution in [0, 0.1) is 0 Å².